The van der Waals surface area contributed by atoms with Crippen molar-refractivity contribution in [3.8, 4) is 11.5 Å². The van der Waals surface area contributed by atoms with Gasteiger partial charge in [0.15, 0.2) is 0 Å². The minimum absolute atomic E-state index is 0.814. The fraction of sp³-hybridized carbons (Fsp3) is 0.167. The molecule has 5 heteroatoms. The van der Waals surface area contributed by atoms with Gasteiger partial charge in [-0.1, -0.05) is 36.4 Å². The Morgan fingerprint density at radius 2 is 1.02 bits per heavy atom. The Morgan fingerprint density at radius 3 is 1.51 bits per heavy atom. The van der Waals surface area contributed by atoms with Crippen LogP contribution in [0.15, 0.2) is 72.8 Å². The molecule has 4 aromatic heterocycles. The largest absolute Gasteiger partial charge is 0.457 e. The second-order valence-corrected chi connectivity index (χ2v) is 11.7. The minimum atomic E-state index is 0.814. The van der Waals surface area contributed by atoms with Crippen LogP contribution in [0.1, 0.15) is 33.9 Å². The quantitative estimate of drug-likeness (QED) is 0.212. The van der Waals surface area contributed by atoms with Crippen LogP contribution in [0, 0.1) is 13.8 Å². The number of aromatic nitrogens is 4. The Balaban J connectivity index is 1.19. The summed E-state index contributed by atoms with van der Waals surface area (Å²) < 4.78 is 11.4. The third-order valence-electron chi connectivity index (χ3n) is 9.57. The number of rotatable bonds is 2. The molecule has 0 unspecified atom stereocenters. The summed E-state index contributed by atoms with van der Waals surface area (Å²) in [5, 5.41) is 7.25. The van der Waals surface area contributed by atoms with Crippen molar-refractivity contribution in [2.45, 2.75) is 39.5 Å². The zero-order valence-corrected chi connectivity index (χ0v) is 23.0. The van der Waals surface area contributed by atoms with Crippen LogP contribution in [0.5, 0.6) is 11.5 Å². The van der Waals surface area contributed by atoms with Crippen molar-refractivity contribution in [1.82, 2.24) is 18.8 Å². The van der Waals surface area contributed by atoms with Crippen LogP contribution in [0.4, 0.5) is 0 Å². The van der Waals surface area contributed by atoms with Gasteiger partial charge < -0.3 is 4.74 Å². The molecule has 5 nitrogen and oxygen atoms in total. The molecule has 0 bridgehead atoms. The third-order valence-corrected chi connectivity index (χ3v) is 9.57. The topological polar surface area (TPSA) is 43.8 Å². The molecule has 2 aliphatic rings. The van der Waals surface area contributed by atoms with Crippen LogP contribution < -0.4 is 4.74 Å². The number of para-hydroxylation sites is 2. The number of hydrogen-bond donors (Lipinski definition) is 0. The Bertz CT molecular complexity index is 2310. The molecule has 0 N–H and O–H groups in total. The maximum atomic E-state index is 6.59. The monoisotopic (exact) mass is 530 g/mol. The second-order valence-electron chi connectivity index (χ2n) is 11.7. The van der Waals surface area contributed by atoms with Crippen LogP contribution >= 0.6 is 0 Å². The van der Waals surface area contributed by atoms with Gasteiger partial charge in [0.1, 0.15) is 22.8 Å². The summed E-state index contributed by atoms with van der Waals surface area (Å²) >= 11 is 0. The average molecular weight is 531 g/mol. The van der Waals surface area contributed by atoms with E-state index in [1.807, 2.05) is 0 Å². The Hall–Kier alpha value is -4.90. The summed E-state index contributed by atoms with van der Waals surface area (Å²) in [5.41, 5.74) is 12.4. The molecule has 8 aromatic rings. The van der Waals surface area contributed by atoms with Gasteiger partial charge in [0.25, 0.3) is 0 Å². The molecule has 0 amide bonds. The van der Waals surface area contributed by atoms with E-state index in [4.69, 9.17) is 14.7 Å². The normalized spacial score (nSPS) is 14.2. The average Bonchev–Trinajstić information content (AvgIpc) is 3.53. The Morgan fingerprint density at radius 1 is 0.537 bits per heavy atom. The summed E-state index contributed by atoms with van der Waals surface area (Å²) in [6.07, 6.45) is 4.18. The fourth-order valence-electron chi connectivity index (χ4n) is 7.76. The smallest absolute Gasteiger partial charge is 0.145 e. The van der Waals surface area contributed by atoms with Crippen molar-refractivity contribution in [3.05, 3.63) is 107 Å². The zero-order chi connectivity index (χ0) is 27.0. The molecule has 4 aromatic carbocycles. The van der Waals surface area contributed by atoms with Gasteiger partial charge >= 0.3 is 0 Å². The number of ether oxygens (including phenoxy) is 1. The Labute approximate surface area is 235 Å². The highest BCUT2D eigenvalue weighted by atomic mass is 16.5. The van der Waals surface area contributed by atoms with Crippen molar-refractivity contribution < 1.29 is 4.74 Å². The lowest BCUT2D eigenvalue weighted by atomic mass is 9.96. The van der Waals surface area contributed by atoms with Gasteiger partial charge in [-0.25, -0.2) is 9.97 Å². The highest BCUT2D eigenvalue weighted by Crippen LogP contribution is 2.40. The van der Waals surface area contributed by atoms with E-state index in [2.05, 4.69) is 95.4 Å². The lowest BCUT2D eigenvalue weighted by molar-refractivity contribution is 0.484. The predicted octanol–water partition coefficient (Wildman–Crippen LogP) is 8.20. The maximum absolute atomic E-state index is 6.59. The number of fused-ring (bicyclic) bond motifs is 6. The number of imidazole rings is 2. The summed E-state index contributed by atoms with van der Waals surface area (Å²) in [4.78, 5) is 10.1. The van der Waals surface area contributed by atoms with E-state index in [0.29, 0.717) is 0 Å². The van der Waals surface area contributed by atoms with E-state index in [1.165, 1.54) is 55.1 Å². The molecule has 0 spiro atoms. The lowest BCUT2D eigenvalue weighted by Crippen LogP contribution is -2.08. The van der Waals surface area contributed by atoms with Gasteiger partial charge in [0.05, 0.1) is 22.4 Å². The van der Waals surface area contributed by atoms with E-state index in [0.717, 1.165) is 70.6 Å². The van der Waals surface area contributed by atoms with Crippen molar-refractivity contribution in [3.63, 3.8) is 0 Å². The zero-order valence-electron chi connectivity index (χ0n) is 23.0. The molecule has 41 heavy (non-hydrogen) atoms. The number of hydrogen-bond acceptors (Lipinski definition) is 3. The summed E-state index contributed by atoms with van der Waals surface area (Å²) in [6.45, 7) is 4.27. The number of pyridine rings is 2. The molecule has 0 fully saturated rings. The highest BCUT2D eigenvalue weighted by molar-refractivity contribution is 6.14. The first-order chi connectivity index (χ1) is 20.1. The standard InChI is InChI=1S/C36H26N4O/c1-19-31-15-9-21-5-3-7-27-25-13-11-23(17-29(25)35(37-19)39(31)33(21)27)41-24-12-14-26-28-8-4-6-22-10-16-32-20(2)38-36(30(26)18-24)40(32)34(22)28/h3-8,11-14,17-18H,9-10,15-16H2,1-2H3. The first-order valence-corrected chi connectivity index (χ1v) is 14.5. The molecule has 6 heterocycles. The summed E-state index contributed by atoms with van der Waals surface area (Å²) in [7, 11) is 0. The van der Waals surface area contributed by atoms with E-state index >= 15 is 0 Å². The number of benzene rings is 4. The molecule has 2 aliphatic heterocycles. The lowest BCUT2D eigenvalue weighted by Gasteiger charge is -2.19. The first kappa shape index (κ1) is 21.9. The maximum Gasteiger partial charge on any atom is 0.145 e. The fourth-order valence-corrected chi connectivity index (χ4v) is 7.76. The molecule has 196 valence electrons. The van der Waals surface area contributed by atoms with E-state index < -0.39 is 0 Å². The van der Waals surface area contributed by atoms with Crippen molar-refractivity contribution in [1.29, 1.82) is 0 Å². The summed E-state index contributed by atoms with van der Waals surface area (Å²) in [5.74, 6) is 1.63. The third kappa shape index (κ3) is 2.71. The van der Waals surface area contributed by atoms with E-state index in [-0.39, 0.29) is 0 Å². The number of aryl methyl sites for hydroxylation is 6. The molecule has 0 saturated heterocycles. The SMILES string of the molecule is Cc1nc2c3cc(Oc4ccc5c(c4)c4nc(C)c6n4c4c(cccc54)CC6)ccc3c3cccc4c3n2c1CC4. The van der Waals surface area contributed by atoms with Gasteiger partial charge in [-0.05, 0) is 97.8 Å². The van der Waals surface area contributed by atoms with Crippen LogP contribution in [0.25, 0.3) is 54.6 Å². The molecular formula is C36H26N4O. The van der Waals surface area contributed by atoms with Crippen molar-refractivity contribution >= 4 is 54.6 Å². The van der Waals surface area contributed by atoms with Gasteiger partial charge in [-0.3, -0.25) is 8.80 Å². The van der Waals surface area contributed by atoms with Crippen LogP contribution in [-0.2, 0) is 25.7 Å². The Kier molecular flexibility index (Phi) is 3.96. The first-order valence-electron chi connectivity index (χ1n) is 14.5. The van der Waals surface area contributed by atoms with Crippen molar-refractivity contribution in [2.75, 3.05) is 0 Å². The van der Waals surface area contributed by atoms with Gasteiger partial charge in [-0.15, -0.1) is 0 Å². The molecule has 10 rings (SSSR count). The molecule has 0 saturated carbocycles. The molecule has 0 radical (unpaired) electrons. The van der Waals surface area contributed by atoms with Gasteiger partial charge in [-0.2, -0.15) is 0 Å². The highest BCUT2D eigenvalue weighted by Gasteiger charge is 2.23. The van der Waals surface area contributed by atoms with E-state index in [9.17, 15) is 0 Å². The van der Waals surface area contributed by atoms with Crippen LogP contribution in [-0.4, -0.2) is 18.8 Å². The van der Waals surface area contributed by atoms with Crippen molar-refractivity contribution in [2.24, 2.45) is 0 Å². The van der Waals surface area contributed by atoms with Gasteiger partial charge in [0.2, 0.25) is 0 Å². The molecule has 0 atom stereocenters. The molecular weight excluding hydrogens is 504 g/mol. The summed E-state index contributed by atoms with van der Waals surface area (Å²) in [6, 6.07) is 26.3. The second kappa shape index (κ2) is 7.43. The predicted molar refractivity (Wildman–Crippen MR) is 165 cm³/mol. The molecule has 0 aliphatic carbocycles. The van der Waals surface area contributed by atoms with Crippen LogP contribution in [0.2, 0.25) is 0 Å². The van der Waals surface area contributed by atoms with Crippen LogP contribution in [0.3, 0.4) is 0 Å². The van der Waals surface area contributed by atoms with E-state index in [1.54, 1.807) is 0 Å². The minimum Gasteiger partial charge on any atom is -0.457 e. The number of nitrogens with zero attached hydrogens (tertiary/aromatic N) is 4. The van der Waals surface area contributed by atoms with Gasteiger partial charge in [0, 0.05) is 32.9 Å².